The molecule has 0 spiro atoms. The minimum atomic E-state index is -2.27. The molecular formula is C9H12ClF2NO. The monoisotopic (exact) mass is 223 g/mol. The van der Waals surface area contributed by atoms with Crippen molar-refractivity contribution in [2.75, 3.05) is 13.1 Å². The van der Waals surface area contributed by atoms with Crippen LogP contribution in [0.4, 0.5) is 8.78 Å². The standard InChI is InChI=1S/C9H11F2NO.ClH/c10-9(11)7-5-12-4-6(7)8-2-1-3-13-8;/h1-3,6-7,9,12H,4-5H2;1H. The first kappa shape index (κ1) is 11.5. The highest BCUT2D eigenvalue weighted by Gasteiger charge is 2.36. The third-order valence-corrected chi connectivity index (χ3v) is 2.49. The van der Waals surface area contributed by atoms with Gasteiger partial charge in [-0.1, -0.05) is 0 Å². The van der Waals surface area contributed by atoms with Gasteiger partial charge in [0.25, 0.3) is 0 Å². The predicted molar refractivity (Wildman–Crippen MR) is 51.1 cm³/mol. The molecule has 1 aliphatic rings. The lowest BCUT2D eigenvalue weighted by Gasteiger charge is -2.14. The maximum Gasteiger partial charge on any atom is 0.243 e. The number of alkyl halides is 2. The summed E-state index contributed by atoms with van der Waals surface area (Å²) in [4.78, 5) is 0. The van der Waals surface area contributed by atoms with Crippen LogP contribution in [0, 0.1) is 5.92 Å². The molecule has 0 aromatic carbocycles. The molecule has 80 valence electrons. The lowest BCUT2D eigenvalue weighted by molar-refractivity contribution is 0.0753. The Balaban J connectivity index is 0.000000980. The minimum Gasteiger partial charge on any atom is -0.469 e. The van der Waals surface area contributed by atoms with E-state index < -0.39 is 12.3 Å². The van der Waals surface area contributed by atoms with E-state index in [2.05, 4.69) is 5.32 Å². The first-order valence-electron chi connectivity index (χ1n) is 4.31. The van der Waals surface area contributed by atoms with Crippen LogP contribution in [0.5, 0.6) is 0 Å². The number of furan rings is 1. The van der Waals surface area contributed by atoms with Crippen molar-refractivity contribution in [1.82, 2.24) is 5.32 Å². The maximum absolute atomic E-state index is 12.5. The summed E-state index contributed by atoms with van der Waals surface area (Å²) in [6, 6.07) is 3.49. The molecule has 0 radical (unpaired) electrons. The first-order valence-corrected chi connectivity index (χ1v) is 4.31. The summed E-state index contributed by atoms with van der Waals surface area (Å²) in [7, 11) is 0. The summed E-state index contributed by atoms with van der Waals surface area (Å²) in [5.41, 5.74) is 0. The molecule has 0 amide bonds. The van der Waals surface area contributed by atoms with E-state index in [0.29, 0.717) is 18.8 Å². The van der Waals surface area contributed by atoms with Crippen molar-refractivity contribution in [2.45, 2.75) is 12.3 Å². The molecule has 1 saturated heterocycles. The average Bonchev–Trinajstić information content (AvgIpc) is 2.74. The summed E-state index contributed by atoms with van der Waals surface area (Å²) in [5, 5.41) is 2.95. The average molecular weight is 224 g/mol. The van der Waals surface area contributed by atoms with Crippen LogP contribution in [-0.4, -0.2) is 19.5 Å². The topological polar surface area (TPSA) is 25.2 Å². The molecule has 0 saturated carbocycles. The van der Waals surface area contributed by atoms with Crippen molar-refractivity contribution in [3.05, 3.63) is 24.2 Å². The maximum atomic E-state index is 12.5. The molecule has 1 aliphatic heterocycles. The van der Waals surface area contributed by atoms with E-state index >= 15 is 0 Å². The Morgan fingerprint density at radius 3 is 2.79 bits per heavy atom. The van der Waals surface area contributed by atoms with Crippen LogP contribution in [0.15, 0.2) is 22.8 Å². The predicted octanol–water partition coefficient (Wildman–Crippen LogP) is 2.27. The molecule has 2 rings (SSSR count). The fourth-order valence-corrected chi connectivity index (χ4v) is 1.78. The highest BCUT2D eigenvalue weighted by molar-refractivity contribution is 5.85. The fraction of sp³-hybridized carbons (Fsp3) is 0.556. The van der Waals surface area contributed by atoms with Crippen LogP contribution in [0.3, 0.4) is 0 Å². The van der Waals surface area contributed by atoms with Crippen molar-refractivity contribution in [2.24, 2.45) is 5.92 Å². The van der Waals surface area contributed by atoms with Gasteiger partial charge in [-0.05, 0) is 12.1 Å². The molecule has 2 atom stereocenters. The number of nitrogens with one attached hydrogen (secondary N) is 1. The molecule has 1 aromatic rings. The number of hydrogen-bond donors (Lipinski definition) is 1. The van der Waals surface area contributed by atoms with Gasteiger partial charge < -0.3 is 9.73 Å². The van der Waals surface area contributed by atoms with E-state index in [9.17, 15) is 8.78 Å². The largest absolute Gasteiger partial charge is 0.469 e. The van der Waals surface area contributed by atoms with Crippen molar-refractivity contribution in [1.29, 1.82) is 0 Å². The molecule has 1 N–H and O–H groups in total. The van der Waals surface area contributed by atoms with Gasteiger partial charge in [0.2, 0.25) is 6.43 Å². The van der Waals surface area contributed by atoms with Gasteiger partial charge in [0.15, 0.2) is 0 Å². The van der Waals surface area contributed by atoms with Gasteiger partial charge in [-0.2, -0.15) is 0 Å². The summed E-state index contributed by atoms with van der Waals surface area (Å²) in [6.07, 6.45) is -0.749. The quantitative estimate of drug-likeness (QED) is 0.832. The Bertz CT molecular complexity index is 266. The summed E-state index contributed by atoms with van der Waals surface area (Å²) in [5.74, 6) is -0.114. The van der Waals surface area contributed by atoms with Crippen molar-refractivity contribution < 1.29 is 13.2 Å². The highest BCUT2D eigenvalue weighted by Crippen LogP contribution is 2.32. The summed E-state index contributed by atoms with van der Waals surface area (Å²) < 4.78 is 30.1. The Kier molecular flexibility index (Phi) is 3.89. The Morgan fingerprint density at radius 2 is 2.21 bits per heavy atom. The smallest absolute Gasteiger partial charge is 0.243 e. The summed E-state index contributed by atoms with van der Waals surface area (Å²) in [6.45, 7) is 0.964. The third kappa shape index (κ3) is 2.07. The normalized spacial score (nSPS) is 26.5. The molecular weight excluding hydrogens is 212 g/mol. The van der Waals surface area contributed by atoms with Gasteiger partial charge in [-0.3, -0.25) is 0 Å². The van der Waals surface area contributed by atoms with E-state index in [0.717, 1.165) is 0 Å². The molecule has 1 fully saturated rings. The third-order valence-electron chi connectivity index (χ3n) is 2.49. The van der Waals surface area contributed by atoms with Crippen molar-refractivity contribution in [3.8, 4) is 0 Å². The van der Waals surface area contributed by atoms with E-state index in [1.54, 1.807) is 12.1 Å². The van der Waals surface area contributed by atoms with Crippen molar-refractivity contribution >= 4 is 12.4 Å². The Morgan fingerprint density at radius 1 is 1.43 bits per heavy atom. The zero-order chi connectivity index (χ0) is 9.26. The summed E-state index contributed by atoms with van der Waals surface area (Å²) >= 11 is 0. The van der Waals surface area contributed by atoms with Gasteiger partial charge >= 0.3 is 0 Å². The molecule has 1 aromatic heterocycles. The van der Waals surface area contributed by atoms with Gasteiger partial charge in [0.1, 0.15) is 5.76 Å². The first-order chi connectivity index (χ1) is 6.29. The van der Waals surface area contributed by atoms with Gasteiger partial charge in [-0.15, -0.1) is 12.4 Å². The van der Waals surface area contributed by atoms with Crippen LogP contribution in [0.25, 0.3) is 0 Å². The second-order valence-electron chi connectivity index (χ2n) is 3.28. The van der Waals surface area contributed by atoms with Crippen LogP contribution < -0.4 is 5.32 Å². The molecule has 0 bridgehead atoms. The molecule has 14 heavy (non-hydrogen) atoms. The van der Waals surface area contributed by atoms with Crippen molar-refractivity contribution in [3.63, 3.8) is 0 Å². The molecule has 2 heterocycles. The second-order valence-corrected chi connectivity index (χ2v) is 3.28. The lowest BCUT2D eigenvalue weighted by atomic mass is 9.94. The minimum absolute atomic E-state index is 0. The second kappa shape index (κ2) is 4.75. The van der Waals surface area contributed by atoms with Crippen LogP contribution in [0.1, 0.15) is 11.7 Å². The van der Waals surface area contributed by atoms with E-state index in [4.69, 9.17) is 4.42 Å². The molecule has 5 heteroatoms. The number of hydrogen-bond acceptors (Lipinski definition) is 2. The van der Waals surface area contributed by atoms with Crippen LogP contribution in [-0.2, 0) is 0 Å². The zero-order valence-corrected chi connectivity index (χ0v) is 8.27. The lowest BCUT2D eigenvalue weighted by Crippen LogP contribution is -2.18. The molecule has 2 nitrogen and oxygen atoms in total. The highest BCUT2D eigenvalue weighted by atomic mass is 35.5. The van der Waals surface area contributed by atoms with E-state index in [-0.39, 0.29) is 18.3 Å². The number of halogens is 3. The van der Waals surface area contributed by atoms with Crippen LogP contribution >= 0.6 is 12.4 Å². The van der Waals surface area contributed by atoms with Crippen LogP contribution in [0.2, 0.25) is 0 Å². The van der Waals surface area contributed by atoms with Gasteiger partial charge in [0, 0.05) is 24.9 Å². The Hall–Kier alpha value is -0.610. The zero-order valence-electron chi connectivity index (χ0n) is 7.45. The SMILES string of the molecule is Cl.FC(F)C1CNCC1c1ccco1. The van der Waals surface area contributed by atoms with E-state index in [1.807, 2.05) is 0 Å². The fourth-order valence-electron chi connectivity index (χ4n) is 1.78. The van der Waals surface area contributed by atoms with Gasteiger partial charge in [-0.25, -0.2) is 8.78 Å². The Labute approximate surface area is 87.1 Å². The molecule has 2 unspecified atom stereocenters. The van der Waals surface area contributed by atoms with E-state index in [1.165, 1.54) is 6.26 Å². The molecule has 0 aliphatic carbocycles. The van der Waals surface area contributed by atoms with Gasteiger partial charge in [0.05, 0.1) is 6.26 Å². The number of rotatable bonds is 2.